The lowest BCUT2D eigenvalue weighted by atomic mass is 9.67. The third-order valence-electron chi connectivity index (χ3n) is 4.80. The van der Waals surface area contributed by atoms with Gasteiger partial charge in [0.1, 0.15) is 0 Å². The third-order valence-corrected chi connectivity index (χ3v) is 5.40. The predicted molar refractivity (Wildman–Crippen MR) is 55.4 cm³/mol. The molecule has 2 aliphatic carbocycles. The molecule has 2 saturated carbocycles. The van der Waals surface area contributed by atoms with Gasteiger partial charge in [0.05, 0.1) is 6.42 Å². The van der Waals surface area contributed by atoms with Crippen molar-refractivity contribution in [2.75, 3.05) is 0 Å². The van der Waals surface area contributed by atoms with Gasteiger partial charge in [-0.15, -0.1) is 11.6 Å². The van der Waals surface area contributed by atoms with Gasteiger partial charge in [-0.1, -0.05) is 13.8 Å². The van der Waals surface area contributed by atoms with Crippen LogP contribution in [0.5, 0.6) is 0 Å². The maximum Gasteiger partial charge on any atom is 0.303 e. The van der Waals surface area contributed by atoms with Crippen LogP contribution in [-0.2, 0) is 4.79 Å². The monoisotopic (exact) mass is 216 g/mol. The Morgan fingerprint density at radius 3 is 2.57 bits per heavy atom. The van der Waals surface area contributed by atoms with Gasteiger partial charge in [-0.05, 0) is 30.6 Å². The second-order valence-electron chi connectivity index (χ2n) is 5.39. The van der Waals surface area contributed by atoms with Crippen molar-refractivity contribution in [1.29, 1.82) is 0 Å². The van der Waals surface area contributed by atoms with Crippen LogP contribution in [0.3, 0.4) is 0 Å². The second-order valence-corrected chi connectivity index (χ2v) is 5.91. The summed E-state index contributed by atoms with van der Waals surface area (Å²) >= 11 is 6.33. The molecule has 0 spiro atoms. The molecule has 0 saturated heterocycles. The van der Waals surface area contributed by atoms with Gasteiger partial charge < -0.3 is 5.11 Å². The minimum atomic E-state index is -0.703. The van der Waals surface area contributed by atoms with Gasteiger partial charge in [0.15, 0.2) is 0 Å². The highest BCUT2D eigenvalue weighted by atomic mass is 35.5. The van der Waals surface area contributed by atoms with Crippen molar-refractivity contribution in [1.82, 2.24) is 0 Å². The number of alkyl halides is 1. The van der Waals surface area contributed by atoms with E-state index in [1.807, 2.05) is 0 Å². The Hall–Kier alpha value is -0.240. The fourth-order valence-electron chi connectivity index (χ4n) is 3.67. The number of carbonyl (C=O) groups is 1. The first-order chi connectivity index (χ1) is 6.40. The summed E-state index contributed by atoms with van der Waals surface area (Å²) in [4.78, 5) is 10.9. The minimum Gasteiger partial charge on any atom is -0.481 e. The van der Waals surface area contributed by atoms with Crippen LogP contribution in [0.25, 0.3) is 0 Å². The van der Waals surface area contributed by atoms with Gasteiger partial charge in [-0.3, -0.25) is 4.79 Å². The normalized spacial score (nSPS) is 44.2. The number of aliphatic carboxylic acids is 1. The molecule has 2 rings (SSSR count). The zero-order chi connectivity index (χ0) is 10.6. The first kappa shape index (κ1) is 10.3. The average molecular weight is 217 g/mol. The van der Waals surface area contributed by atoms with Crippen molar-refractivity contribution in [3.63, 3.8) is 0 Å². The largest absolute Gasteiger partial charge is 0.481 e. The Labute approximate surface area is 89.6 Å². The molecule has 2 fully saturated rings. The van der Waals surface area contributed by atoms with Gasteiger partial charge in [0.25, 0.3) is 0 Å². The zero-order valence-electron chi connectivity index (χ0n) is 8.72. The topological polar surface area (TPSA) is 37.3 Å². The number of carboxylic acids is 1. The van der Waals surface area contributed by atoms with Gasteiger partial charge in [0.2, 0.25) is 0 Å². The van der Waals surface area contributed by atoms with E-state index in [-0.39, 0.29) is 22.6 Å². The number of rotatable bonds is 2. The standard InChI is InChI=1S/C11H17ClO2/c1-10(2)7-3-4-11(10,6-9(13)14)8(12)5-7/h7-8H,3-6H2,1-2H3,(H,13,14)/t7-,8+,11+/m0/s1. The molecule has 14 heavy (non-hydrogen) atoms. The van der Waals surface area contributed by atoms with E-state index in [0.717, 1.165) is 19.3 Å². The number of fused-ring (bicyclic) bond motifs is 2. The lowest BCUT2D eigenvalue weighted by Crippen LogP contribution is -2.38. The highest BCUT2D eigenvalue weighted by Gasteiger charge is 2.63. The van der Waals surface area contributed by atoms with Crippen LogP contribution in [0.4, 0.5) is 0 Å². The van der Waals surface area contributed by atoms with Gasteiger partial charge in [0, 0.05) is 10.8 Å². The fraction of sp³-hybridized carbons (Fsp3) is 0.909. The molecule has 1 N–H and O–H groups in total. The maximum atomic E-state index is 10.9. The Morgan fingerprint density at radius 1 is 1.57 bits per heavy atom. The van der Waals surface area contributed by atoms with Gasteiger partial charge in [-0.2, -0.15) is 0 Å². The molecule has 0 aromatic rings. The summed E-state index contributed by atoms with van der Waals surface area (Å²) in [6.45, 7) is 4.38. The summed E-state index contributed by atoms with van der Waals surface area (Å²) in [6.07, 6.45) is 3.39. The quantitative estimate of drug-likeness (QED) is 0.721. The Morgan fingerprint density at radius 2 is 2.21 bits per heavy atom. The van der Waals surface area contributed by atoms with E-state index in [1.54, 1.807) is 0 Å². The lowest BCUT2D eigenvalue weighted by Gasteiger charge is -2.39. The third kappa shape index (κ3) is 1.06. The highest BCUT2D eigenvalue weighted by Crippen LogP contribution is 2.68. The first-order valence-corrected chi connectivity index (χ1v) is 5.70. The van der Waals surface area contributed by atoms with E-state index in [1.165, 1.54) is 0 Å². The molecule has 0 aliphatic heterocycles. The van der Waals surface area contributed by atoms with E-state index >= 15 is 0 Å². The van der Waals surface area contributed by atoms with E-state index in [0.29, 0.717) is 5.92 Å². The van der Waals surface area contributed by atoms with E-state index in [2.05, 4.69) is 13.8 Å². The number of hydrogen-bond acceptors (Lipinski definition) is 1. The van der Waals surface area contributed by atoms with Crippen molar-refractivity contribution in [2.24, 2.45) is 16.7 Å². The molecule has 0 aromatic heterocycles. The van der Waals surface area contributed by atoms with Crippen molar-refractivity contribution < 1.29 is 9.90 Å². The average Bonchev–Trinajstić information content (AvgIpc) is 2.36. The summed E-state index contributed by atoms with van der Waals surface area (Å²) in [5, 5.41) is 9.04. The van der Waals surface area contributed by atoms with E-state index < -0.39 is 5.97 Å². The van der Waals surface area contributed by atoms with Crippen LogP contribution in [0.2, 0.25) is 0 Å². The highest BCUT2D eigenvalue weighted by molar-refractivity contribution is 6.21. The molecule has 0 radical (unpaired) electrons. The predicted octanol–water partition coefficient (Wildman–Crippen LogP) is 2.89. The van der Waals surface area contributed by atoms with Gasteiger partial charge >= 0.3 is 5.97 Å². The van der Waals surface area contributed by atoms with Crippen molar-refractivity contribution >= 4 is 17.6 Å². The molecule has 3 heteroatoms. The molecule has 2 nitrogen and oxygen atoms in total. The van der Waals surface area contributed by atoms with Crippen molar-refractivity contribution in [3.05, 3.63) is 0 Å². The summed E-state index contributed by atoms with van der Waals surface area (Å²) in [7, 11) is 0. The van der Waals surface area contributed by atoms with Crippen molar-refractivity contribution in [2.45, 2.75) is 44.9 Å². The van der Waals surface area contributed by atoms with Crippen LogP contribution in [-0.4, -0.2) is 16.5 Å². The smallest absolute Gasteiger partial charge is 0.303 e. The Bertz CT molecular complexity index is 274. The molecule has 2 bridgehead atoms. The summed E-state index contributed by atoms with van der Waals surface area (Å²) in [6, 6.07) is 0. The summed E-state index contributed by atoms with van der Waals surface area (Å²) < 4.78 is 0. The molecule has 0 amide bonds. The molecular weight excluding hydrogens is 200 g/mol. The van der Waals surface area contributed by atoms with Crippen LogP contribution in [0, 0.1) is 16.7 Å². The summed E-state index contributed by atoms with van der Waals surface area (Å²) in [5.41, 5.74) is -0.0388. The van der Waals surface area contributed by atoms with Crippen LogP contribution in [0.15, 0.2) is 0 Å². The number of carboxylic acid groups (broad SMARTS) is 1. The molecule has 80 valence electrons. The van der Waals surface area contributed by atoms with Crippen molar-refractivity contribution in [3.8, 4) is 0 Å². The van der Waals surface area contributed by atoms with Crippen LogP contribution >= 0.6 is 11.6 Å². The molecule has 2 aliphatic rings. The molecule has 0 heterocycles. The minimum absolute atomic E-state index is 0.0624. The number of hydrogen-bond donors (Lipinski definition) is 1. The Balaban J connectivity index is 2.34. The van der Waals surface area contributed by atoms with Crippen LogP contribution < -0.4 is 0 Å². The molecule has 0 unspecified atom stereocenters. The van der Waals surface area contributed by atoms with E-state index in [4.69, 9.17) is 16.7 Å². The number of halogens is 1. The second kappa shape index (κ2) is 2.88. The zero-order valence-corrected chi connectivity index (χ0v) is 9.47. The molecular formula is C11H17ClO2. The molecule has 0 aromatic carbocycles. The Kier molecular flexibility index (Phi) is 2.11. The van der Waals surface area contributed by atoms with Gasteiger partial charge in [-0.25, -0.2) is 0 Å². The fourth-order valence-corrected chi connectivity index (χ4v) is 4.35. The van der Waals surface area contributed by atoms with Crippen LogP contribution in [0.1, 0.15) is 39.5 Å². The molecule has 3 atom stereocenters. The van der Waals surface area contributed by atoms with E-state index in [9.17, 15) is 4.79 Å². The SMILES string of the molecule is CC1(C)[C@H]2CC[C@@]1(CC(=O)O)[C@H](Cl)C2. The lowest BCUT2D eigenvalue weighted by molar-refractivity contribution is -0.141. The first-order valence-electron chi connectivity index (χ1n) is 5.26. The summed E-state index contributed by atoms with van der Waals surface area (Å²) in [5.74, 6) is -0.0735. The maximum absolute atomic E-state index is 10.9.